The van der Waals surface area contributed by atoms with Crippen LogP contribution >= 0.6 is 0 Å². The van der Waals surface area contributed by atoms with E-state index in [-0.39, 0.29) is 12.6 Å². The first-order chi connectivity index (χ1) is 20.0. The van der Waals surface area contributed by atoms with Gasteiger partial charge in [-0.3, -0.25) is 0 Å². The van der Waals surface area contributed by atoms with Crippen molar-refractivity contribution in [3.05, 3.63) is 71.8 Å². The number of methoxy groups -OCH3 is 1. The highest BCUT2D eigenvalue weighted by atomic mass is 16.5. The van der Waals surface area contributed by atoms with Crippen molar-refractivity contribution in [1.82, 2.24) is 15.0 Å². The Morgan fingerprint density at radius 3 is 2.56 bits per heavy atom. The van der Waals surface area contributed by atoms with E-state index in [1.807, 2.05) is 48.5 Å². The Balaban J connectivity index is 1.40. The molecule has 4 heterocycles. The Morgan fingerprint density at radius 1 is 1.05 bits per heavy atom. The van der Waals surface area contributed by atoms with Crippen LogP contribution in [0.3, 0.4) is 0 Å². The van der Waals surface area contributed by atoms with Gasteiger partial charge in [-0.05, 0) is 55.7 Å². The maximum Gasteiger partial charge on any atom is 0.229 e. The van der Waals surface area contributed by atoms with Crippen LogP contribution in [0.1, 0.15) is 30.9 Å². The molecule has 0 radical (unpaired) electrons. The fourth-order valence-electron chi connectivity index (χ4n) is 5.92. The monoisotopic (exact) mass is 550 g/mol. The molecule has 1 N–H and O–H groups in total. The van der Waals surface area contributed by atoms with Gasteiger partial charge in [-0.25, -0.2) is 4.98 Å². The molecule has 2 aromatic heterocycles. The van der Waals surface area contributed by atoms with Crippen molar-refractivity contribution in [2.45, 2.75) is 37.8 Å². The number of nitriles is 1. The van der Waals surface area contributed by atoms with E-state index in [1.54, 1.807) is 7.11 Å². The molecule has 0 spiro atoms. The number of fused-ring (bicyclic) bond motifs is 1. The number of benzene rings is 2. The van der Waals surface area contributed by atoms with E-state index in [0.29, 0.717) is 62.1 Å². The van der Waals surface area contributed by atoms with Crippen LogP contribution < -0.4 is 14.5 Å². The number of anilines is 2. The second-order valence-corrected chi connectivity index (χ2v) is 10.8. The Kier molecular flexibility index (Phi) is 7.43. The van der Waals surface area contributed by atoms with Crippen molar-refractivity contribution < 1.29 is 14.6 Å². The third-order valence-electron chi connectivity index (χ3n) is 8.35. The van der Waals surface area contributed by atoms with E-state index in [4.69, 9.17) is 24.4 Å². The minimum atomic E-state index is -0.514. The number of aliphatic hydroxyl groups is 1. The molecule has 0 amide bonds. The molecule has 2 aromatic carbocycles. The highest BCUT2D eigenvalue weighted by Gasteiger charge is 2.37. The van der Waals surface area contributed by atoms with E-state index in [1.165, 1.54) is 0 Å². The van der Waals surface area contributed by atoms with Gasteiger partial charge in [0, 0.05) is 30.8 Å². The standard InChI is InChI=1S/C32H34N6O3/c1-22-20-41-17-16-38(22)30-26-9-10-27(23-8-11-28(40-2)24(18-23)19-39)34-29(26)35-31(36-30)37-14-12-32(21-33,13-15-37)25-6-4-3-5-7-25/h3-11,18,22,39H,12-17,19-20H2,1-2H3/t22-/m0/s1. The number of pyridine rings is 1. The van der Waals surface area contributed by atoms with Crippen LogP contribution in [0.15, 0.2) is 60.7 Å². The van der Waals surface area contributed by atoms with Crippen LogP contribution in [-0.4, -0.2) is 66.1 Å². The van der Waals surface area contributed by atoms with Crippen LogP contribution in [-0.2, 0) is 16.8 Å². The number of ether oxygens (including phenoxy) is 2. The summed E-state index contributed by atoms with van der Waals surface area (Å²) in [5, 5.41) is 20.9. The van der Waals surface area contributed by atoms with Crippen LogP contribution in [0.4, 0.5) is 11.8 Å². The van der Waals surface area contributed by atoms with Crippen molar-refractivity contribution in [3.8, 4) is 23.1 Å². The van der Waals surface area contributed by atoms with Gasteiger partial charge in [-0.15, -0.1) is 0 Å². The van der Waals surface area contributed by atoms with Crippen LogP contribution in [0.5, 0.6) is 5.75 Å². The molecule has 2 aliphatic heterocycles. The van der Waals surface area contributed by atoms with Gasteiger partial charge in [0.2, 0.25) is 5.95 Å². The predicted octanol–water partition coefficient (Wildman–Crippen LogP) is 4.48. The number of rotatable bonds is 6. The van der Waals surface area contributed by atoms with Crippen LogP contribution in [0, 0.1) is 11.3 Å². The number of aliphatic hydroxyl groups excluding tert-OH is 1. The summed E-state index contributed by atoms with van der Waals surface area (Å²) in [4.78, 5) is 19.5. The molecular weight excluding hydrogens is 516 g/mol. The maximum atomic E-state index is 10.2. The maximum absolute atomic E-state index is 10.2. The average molecular weight is 551 g/mol. The minimum Gasteiger partial charge on any atom is -0.496 e. The summed E-state index contributed by atoms with van der Waals surface area (Å²) < 4.78 is 11.1. The molecule has 9 nitrogen and oxygen atoms in total. The zero-order valence-electron chi connectivity index (χ0n) is 23.5. The normalized spacial score (nSPS) is 18.7. The minimum absolute atomic E-state index is 0.127. The quantitative estimate of drug-likeness (QED) is 0.372. The van der Waals surface area contributed by atoms with E-state index in [2.05, 4.69) is 34.9 Å². The summed E-state index contributed by atoms with van der Waals surface area (Å²) in [5.74, 6) is 2.12. The lowest BCUT2D eigenvalue weighted by Gasteiger charge is -2.38. The molecule has 2 saturated heterocycles. The number of hydrogen-bond donors (Lipinski definition) is 1. The van der Waals surface area contributed by atoms with Gasteiger partial charge in [0.1, 0.15) is 11.6 Å². The van der Waals surface area contributed by atoms with Gasteiger partial charge >= 0.3 is 0 Å². The lowest BCUT2D eigenvalue weighted by molar-refractivity contribution is 0.0987. The van der Waals surface area contributed by atoms with Gasteiger partial charge in [-0.2, -0.15) is 15.2 Å². The first-order valence-corrected chi connectivity index (χ1v) is 14.1. The molecule has 1 atom stereocenters. The molecule has 0 unspecified atom stereocenters. The second kappa shape index (κ2) is 11.3. The van der Waals surface area contributed by atoms with E-state index >= 15 is 0 Å². The van der Waals surface area contributed by atoms with Crippen molar-refractivity contribution in [2.24, 2.45) is 0 Å². The van der Waals surface area contributed by atoms with Gasteiger partial charge < -0.3 is 24.4 Å². The molecule has 2 aliphatic rings. The summed E-state index contributed by atoms with van der Waals surface area (Å²) in [5.41, 5.74) is 3.50. The summed E-state index contributed by atoms with van der Waals surface area (Å²) in [6, 6.07) is 22.6. The van der Waals surface area contributed by atoms with Gasteiger partial charge in [0.25, 0.3) is 0 Å². The van der Waals surface area contributed by atoms with Gasteiger partial charge in [-0.1, -0.05) is 30.3 Å². The largest absolute Gasteiger partial charge is 0.496 e. The second-order valence-electron chi connectivity index (χ2n) is 10.8. The van der Waals surface area contributed by atoms with Gasteiger partial charge in [0.05, 0.1) is 55.5 Å². The number of nitrogens with zero attached hydrogens (tertiary/aromatic N) is 6. The summed E-state index contributed by atoms with van der Waals surface area (Å²) in [7, 11) is 1.59. The zero-order valence-corrected chi connectivity index (χ0v) is 23.5. The predicted molar refractivity (Wildman–Crippen MR) is 158 cm³/mol. The Hall–Kier alpha value is -4.26. The fourth-order valence-corrected chi connectivity index (χ4v) is 5.92. The fraction of sp³-hybridized carbons (Fsp3) is 0.375. The van der Waals surface area contributed by atoms with E-state index < -0.39 is 5.41 Å². The van der Waals surface area contributed by atoms with Crippen molar-refractivity contribution >= 4 is 22.8 Å². The molecule has 6 rings (SSSR count). The SMILES string of the molecule is COc1ccc(-c2ccc3c(N4CCOC[C@@H]4C)nc(N4CCC(C#N)(c5ccccc5)CC4)nc3n2)cc1CO. The highest BCUT2D eigenvalue weighted by Crippen LogP contribution is 2.37. The smallest absolute Gasteiger partial charge is 0.229 e. The molecular formula is C32H34N6O3. The number of morpholine rings is 1. The van der Waals surface area contributed by atoms with Crippen molar-refractivity contribution in [1.29, 1.82) is 5.26 Å². The van der Waals surface area contributed by atoms with Crippen LogP contribution in [0.2, 0.25) is 0 Å². The zero-order chi connectivity index (χ0) is 28.4. The Bertz CT molecular complexity index is 1580. The summed E-state index contributed by atoms with van der Waals surface area (Å²) in [6.45, 7) is 5.36. The first-order valence-electron chi connectivity index (χ1n) is 14.1. The third-order valence-corrected chi connectivity index (χ3v) is 8.35. The van der Waals surface area contributed by atoms with E-state index in [0.717, 1.165) is 34.6 Å². The number of piperidine rings is 1. The molecule has 0 saturated carbocycles. The van der Waals surface area contributed by atoms with Crippen molar-refractivity contribution in [2.75, 3.05) is 49.8 Å². The summed E-state index contributed by atoms with van der Waals surface area (Å²) >= 11 is 0. The molecule has 41 heavy (non-hydrogen) atoms. The molecule has 210 valence electrons. The Labute approximate surface area is 240 Å². The van der Waals surface area contributed by atoms with E-state index in [9.17, 15) is 10.4 Å². The Morgan fingerprint density at radius 2 is 1.85 bits per heavy atom. The molecule has 9 heteroatoms. The van der Waals surface area contributed by atoms with Crippen LogP contribution in [0.25, 0.3) is 22.3 Å². The topological polar surface area (TPSA) is 108 Å². The summed E-state index contributed by atoms with van der Waals surface area (Å²) in [6.07, 6.45) is 1.39. The lowest BCUT2D eigenvalue weighted by Crippen LogP contribution is -2.45. The lowest BCUT2D eigenvalue weighted by atomic mass is 9.74. The highest BCUT2D eigenvalue weighted by molar-refractivity contribution is 5.90. The average Bonchev–Trinajstić information content (AvgIpc) is 3.04. The van der Waals surface area contributed by atoms with Crippen molar-refractivity contribution in [3.63, 3.8) is 0 Å². The first kappa shape index (κ1) is 26.9. The molecule has 4 aromatic rings. The molecule has 2 fully saturated rings. The molecule has 0 aliphatic carbocycles. The number of hydrogen-bond acceptors (Lipinski definition) is 9. The number of aromatic nitrogens is 3. The van der Waals surface area contributed by atoms with Gasteiger partial charge in [0.15, 0.2) is 5.65 Å². The third kappa shape index (κ3) is 5.05. The molecule has 0 bridgehead atoms.